The molecule has 3 aromatic rings. The van der Waals surface area contributed by atoms with Gasteiger partial charge in [0.05, 0.1) is 12.8 Å². The monoisotopic (exact) mass is 382 g/mol. The first-order valence-electron chi connectivity index (χ1n) is 8.62. The molecule has 3 rings (SSSR count). The summed E-state index contributed by atoms with van der Waals surface area (Å²) >= 11 is 1.49. The van der Waals surface area contributed by atoms with E-state index in [-0.39, 0.29) is 12.5 Å². The van der Waals surface area contributed by atoms with E-state index in [2.05, 4.69) is 10.3 Å². The Labute approximate surface area is 163 Å². The Morgan fingerprint density at radius 1 is 1.04 bits per heavy atom. The van der Waals surface area contributed by atoms with Crippen molar-refractivity contribution in [3.8, 4) is 11.5 Å². The minimum Gasteiger partial charge on any atom is -0.497 e. The fraction of sp³-hybridized carbons (Fsp3) is 0.238. The van der Waals surface area contributed by atoms with Crippen LogP contribution in [0, 0.1) is 13.8 Å². The molecule has 0 atom stereocenters. The maximum Gasteiger partial charge on any atom is 0.264 e. The van der Waals surface area contributed by atoms with Gasteiger partial charge in [0.1, 0.15) is 11.5 Å². The van der Waals surface area contributed by atoms with E-state index in [1.54, 1.807) is 7.11 Å². The molecule has 2 aromatic carbocycles. The van der Waals surface area contributed by atoms with Crippen LogP contribution in [0.25, 0.3) is 0 Å². The number of nitrogens with zero attached hydrogens (tertiary/aromatic N) is 1. The van der Waals surface area contributed by atoms with Gasteiger partial charge in [-0.1, -0.05) is 29.8 Å². The smallest absolute Gasteiger partial charge is 0.264 e. The van der Waals surface area contributed by atoms with Crippen LogP contribution in [-0.4, -0.2) is 24.6 Å². The molecule has 6 heteroatoms. The van der Waals surface area contributed by atoms with Crippen LogP contribution in [0.15, 0.2) is 48.5 Å². The molecule has 0 fully saturated rings. The number of methoxy groups -OCH3 is 1. The summed E-state index contributed by atoms with van der Waals surface area (Å²) in [5, 5.41) is 3.40. The number of benzene rings is 2. The van der Waals surface area contributed by atoms with Crippen molar-refractivity contribution in [2.45, 2.75) is 20.3 Å². The van der Waals surface area contributed by atoms with Crippen molar-refractivity contribution >= 4 is 22.4 Å². The average molecular weight is 382 g/mol. The molecule has 0 unspecified atom stereocenters. The SMILES string of the molecule is COc1ccc(Cc2sc(NC(=O)COc3ccc(C)cc3)nc2C)cc1. The standard InChI is InChI=1S/C21H22N2O3S/c1-14-4-8-18(9-5-14)26-13-20(24)23-21-22-15(2)19(27-21)12-16-6-10-17(25-3)11-7-16/h4-11H,12-13H2,1-3H3,(H,22,23,24). The van der Waals surface area contributed by atoms with Crippen LogP contribution < -0.4 is 14.8 Å². The molecule has 0 spiro atoms. The predicted molar refractivity (Wildman–Crippen MR) is 108 cm³/mol. The number of rotatable bonds is 7. The van der Waals surface area contributed by atoms with Gasteiger partial charge in [0.15, 0.2) is 11.7 Å². The molecular formula is C21H22N2O3S. The maximum absolute atomic E-state index is 12.1. The number of amides is 1. The van der Waals surface area contributed by atoms with E-state index < -0.39 is 0 Å². The number of thiazole rings is 1. The quantitative estimate of drug-likeness (QED) is 0.659. The van der Waals surface area contributed by atoms with Crippen LogP contribution in [-0.2, 0) is 11.2 Å². The number of hydrogen-bond donors (Lipinski definition) is 1. The molecule has 1 heterocycles. The Hall–Kier alpha value is -2.86. The van der Waals surface area contributed by atoms with E-state index in [0.717, 1.165) is 28.3 Å². The molecule has 0 saturated carbocycles. The third-order valence-corrected chi connectivity index (χ3v) is 5.13. The Kier molecular flexibility index (Phi) is 6.08. The number of aromatic nitrogens is 1. The third kappa shape index (κ3) is 5.31. The number of hydrogen-bond acceptors (Lipinski definition) is 5. The van der Waals surface area contributed by atoms with Crippen LogP contribution in [0.3, 0.4) is 0 Å². The summed E-state index contributed by atoms with van der Waals surface area (Å²) in [4.78, 5) is 17.7. The second-order valence-corrected chi connectivity index (χ2v) is 7.29. The van der Waals surface area contributed by atoms with Gasteiger partial charge >= 0.3 is 0 Å². The topological polar surface area (TPSA) is 60.5 Å². The van der Waals surface area contributed by atoms with Crippen LogP contribution in [0.4, 0.5) is 5.13 Å². The highest BCUT2D eigenvalue weighted by Gasteiger charge is 2.12. The van der Waals surface area contributed by atoms with Crippen molar-refractivity contribution in [3.63, 3.8) is 0 Å². The van der Waals surface area contributed by atoms with Crippen LogP contribution in [0.5, 0.6) is 11.5 Å². The largest absolute Gasteiger partial charge is 0.497 e. The Balaban J connectivity index is 1.56. The van der Waals surface area contributed by atoms with E-state index >= 15 is 0 Å². The van der Waals surface area contributed by atoms with Gasteiger partial charge in [-0.05, 0) is 43.7 Å². The molecule has 1 amide bonds. The summed E-state index contributed by atoms with van der Waals surface area (Å²) in [6.07, 6.45) is 0.767. The van der Waals surface area contributed by atoms with Crippen molar-refractivity contribution in [1.82, 2.24) is 4.98 Å². The zero-order chi connectivity index (χ0) is 19.2. The van der Waals surface area contributed by atoms with Gasteiger partial charge in [-0.15, -0.1) is 11.3 Å². The summed E-state index contributed by atoms with van der Waals surface area (Å²) in [5.41, 5.74) is 3.24. The summed E-state index contributed by atoms with van der Waals surface area (Å²) in [5.74, 6) is 1.29. The number of ether oxygens (including phenoxy) is 2. The number of carbonyl (C=O) groups is 1. The van der Waals surface area contributed by atoms with Crippen LogP contribution in [0.2, 0.25) is 0 Å². The van der Waals surface area contributed by atoms with Gasteiger partial charge in [0.2, 0.25) is 0 Å². The minimum atomic E-state index is -0.222. The molecule has 5 nitrogen and oxygen atoms in total. The van der Waals surface area contributed by atoms with Crippen molar-refractivity contribution in [2.75, 3.05) is 19.0 Å². The van der Waals surface area contributed by atoms with Gasteiger partial charge in [-0.2, -0.15) is 0 Å². The number of anilines is 1. The lowest BCUT2D eigenvalue weighted by Crippen LogP contribution is -2.20. The first-order valence-corrected chi connectivity index (χ1v) is 9.43. The van der Waals surface area contributed by atoms with Crippen LogP contribution in [0.1, 0.15) is 21.7 Å². The number of nitrogens with one attached hydrogen (secondary N) is 1. The lowest BCUT2D eigenvalue weighted by Gasteiger charge is -2.05. The summed E-state index contributed by atoms with van der Waals surface area (Å²) in [7, 11) is 1.65. The molecule has 0 aliphatic carbocycles. The normalized spacial score (nSPS) is 10.5. The molecule has 0 radical (unpaired) electrons. The summed E-state index contributed by atoms with van der Waals surface area (Å²) in [6, 6.07) is 15.5. The minimum absolute atomic E-state index is 0.0461. The molecule has 1 N–H and O–H groups in total. The van der Waals surface area contributed by atoms with Crippen molar-refractivity contribution in [2.24, 2.45) is 0 Å². The first kappa shape index (κ1) is 18.9. The van der Waals surface area contributed by atoms with Crippen molar-refractivity contribution < 1.29 is 14.3 Å². The molecule has 0 aliphatic heterocycles. The van der Waals surface area contributed by atoms with E-state index in [9.17, 15) is 4.79 Å². The van der Waals surface area contributed by atoms with Gasteiger partial charge in [-0.25, -0.2) is 4.98 Å². The highest BCUT2D eigenvalue weighted by atomic mass is 32.1. The highest BCUT2D eigenvalue weighted by Crippen LogP contribution is 2.26. The number of aryl methyl sites for hydroxylation is 2. The van der Waals surface area contributed by atoms with E-state index in [1.807, 2.05) is 62.4 Å². The van der Waals surface area contributed by atoms with E-state index in [1.165, 1.54) is 16.9 Å². The van der Waals surface area contributed by atoms with Gasteiger partial charge in [0, 0.05) is 11.3 Å². The summed E-state index contributed by atoms with van der Waals surface area (Å²) < 4.78 is 10.7. The van der Waals surface area contributed by atoms with Gasteiger partial charge < -0.3 is 9.47 Å². The lowest BCUT2D eigenvalue weighted by atomic mass is 10.1. The van der Waals surface area contributed by atoms with E-state index in [4.69, 9.17) is 9.47 Å². The average Bonchev–Trinajstić information content (AvgIpc) is 3.00. The third-order valence-electron chi connectivity index (χ3n) is 4.05. The molecule has 140 valence electrons. The molecular weight excluding hydrogens is 360 g/mol. The fourth-order valence-electron chi connectivity index (χ4n) is 2.51. The molecule has 1 aromatic heterocycles. The van der Waals surface area contributed by atoms with Gasteiger partial charge in [0.25, 0.3) is 5.91 Å². The predicted octanol–water partition coefficient (Wildman–Crippen LogP) is 4.38. The Bertz CT molecular complexity index is 902. The molecule has 0 aliphatic rings. The molecule has 0 bridgehead atoms. The zero-order valence-electron chi connectivity index (χ0n) is 15.6. The lowest BCUT2D eigenvalue weighted by molar-refractivity contribution is -0.118. The zero-order valence-corrected chi connectivity index (χ0v) is 16.4. The number of carbonyl (C=O) groups excluding carboxylic acids is 1. The van der Waals surface area contributed by atoms with Gasteiger partial charge in [-0.3, -0.25) is 10.1 Å². The Morgan fingerprint density at radius 2 is 1.70 bits per heavy atom. The van der Waals surface area contributed by atoms with E-state index in [0.29, 0.717) is 10.9 Å². The summed E-state index contributed by atoms with van der Waals surface area (Å²) in [6.45, 7) is 3.91. The van der Waals surface area contributed by atoms with Crippen molar-refractivity contribution in [3.05, 3.63) is 70.2 Å². The molecule has 27 heavy (non-hydrogen) atoms. The molecule has 0 saturated heterocycles. The van der Waals surface area contributed by atoms with Crippen LogP contribution >= 0.6 is 11.3 Å². The second-order valence-electron chi connectivity index (χ2n) is 6.20. The highest BCUT2D eigenvalue weighted by molar-refractivity contribution is 7.15. The maximum atomic E-state index is 12.1. The first-order chi connectivity index (χ1) is 13.0. The van der Waals surface area contributed by atoms with Crippen molar-refractivity contribution in [1.29, 1.82) is 0 Å². The second kappa shape index (κ2) is 8.68. The fourth-order valence-corrected chi connectivity index (χ4v) is 3.53. The Morgan fingerprint density at radius 3 is 2.37 bits per heavy atom.